The maximum atomic E-state index is 10.5. The minimum atomic E-state index is -0.0940. The Kier molecular flexibility index (Phi) is 10.2. The third-order valence-electron chi connectivity index (χ3n) is 1.21. The van der Waals surface area contributed by atoms with E-state index in [4.69, 9.17) is 0 Å². The molecular weight excluding hydrogens is 135 g/mol. The van der Waals surface area contributed by atoms with Crippen LogP contribution in [0.15, 0.2) is 0 Å². The summed E-state index contributed by atoms with van der Waals surface area (Å²) in [5, 5.41) is 0. The fourth-order valence-electron chi connectivity index (χ4n) is 0.621. The van der Waals surface area contributed by atoms with Crippen LogP contribution >= 0.6 is 0 Å². The van der Waals surface area contributed by atoms with Crippen molar-refractivity contribution >= 4 is 5.97 Å². The summed E-state index contributed by atoms with van der Waals surface area (Å²) in [6.07, 6.45) is 3.81. The monoisotopic (exact) mass is 150 g/mol. The molecule has 0 heterocycles. The van der Waals surface area contributed by atoms with E-state index in [9.17, 15) is 4.79 Å². The summed E-state index contributed by atoms with van der Waals surface area (Å²) >= 11 is 0. The molecule has 3 heteroatoms. The van der Waals surface area contributed by atoms with E-state index < -0.39 is 0 Å². The van der Waals surface area contributed by atoms with Crippen LogP contribution in [0.3, 0.4) is 0 Å². The Bertz CT molecular complexity index is 83.7. The Morgan fingerprint density at radius 2 is 2.00 bits per heavy atom. The van der Waals surface area contributed by atoms with E-state index in [1.54, 1.807) is 0 Å². The Morgan fingerprint density at radius 3 is 2.40 bits per heavy atom. The molecule has 0 amide bonds. The van der Waals surface area contributed by atoms with Gasteiger partial charge in [0.15, 0.2) is 0 Å². The topological polar surface area (TPSA) is 26.3 Å². The highest BCUT2D eigenvalue weighted by Crippen LogP contribution is 1.98. The van der Waals surface area contributed by atoms with Gasteiger partial charge in [-0.3, -0.25) is 9.50 Å². The molecule has 62 valence electrons. The van der Waals surface area contributed by atoms with Gasteiger partial charge in [-0.25, -0.2) is 0 Å². The molecule has 10 heavy (non-hydrogen) atoms. The molecule has 2 nitrogen and oxygen atoms in total. The zero-order chi connectivity index (χ0) is 7.11. The Hall–Kier alpha value is -0.600. The average Bonchev–Trinajstić information content (AvgIpc) is 1.89. The number of unbranched alkanes of at least 4 members (excludes halogenated alkanes) is 2. The molecule has 0 aromatic carbocycles. The summed E-state index contributed by atoms with van der Waals surface area (Å²) < 4.78 is 4.46. The van der Waals surface area contributed by atoms with Crippen LogP contribution in [0.5, 0.6) is 0 Å². The lowest BCUT2D eigenvalue weighted by Gasteiger charge is -1.95. The normalized spacial score (nSPS) is 8.20. The fraction of sp³-hybridized carbons (Fsp3) is 0.857. The number of esters is 1. The third-order valence-corrected chi connectivity index (χ3v) is 1.21. The Labute approximate surface area is 60.9 Å². The maximum Gasteiger partial charge on any atom is 0.305 e. The van der Waals surface area contributed by atoms with Gasteiger partial charge in [0.25, 0.3) is 0 Å². The Morgan fingerprint density at radius 1 is 1.40 bits per heavy atom. The van der Waals surface area contributed by atoms with Crippen LogP contribution in [-0.4, -0.2) is 13.1 Å². The van der Waals surface area contributed by atoms with Crippen molar-refractivity contribution in [3.8, 4) is 0 Å². The number of hydrogen-bond donors (Lipinski definition) is 0. The minimum absolute atomic E-state index is 0. The second kappa shape index (κ2) is 8.40. The number of carbonyl (C=O) groups excluding carboxylic acids is 1. The second-order valence-corrected chi connectivity index (χ2v) is 2.03. The molecule has 0 saturated heterocycles. The fourth-order valence-corrected chi connectivity index (χ4v) is 0.621. The summed E-state index contributed by atoms with van der Waals surface area (Å²) in [6, 6.07) is 0. The molecule has 0 aromatic rings. The molecule has 0 bridgehead atoms. The van der Waals surface area contributed by atoms with Gasteiger partial charge in [0.05, 0.1) is 7.11 Å². The molecule has 0 saturated carbocycles. The predicted molar refractivity (Wildman–Crippen MR) is 38.7 cm³/mol. The summed E-state index contributed by atoms with van der Waals surface area (Å²) in [4.78, 5) is 10.5. The molecule has 0 aliphatic carbocycles. The number of hydrogen-bond acceptors (Lipinski definition) is 2. The van der Waals surface area contributed by atoms with Gasteiger partial charge in [-0.05, 0) is 6.42 Å². The van der Waals surface area contributed by atoms with Crippen molar-refractivity contribution in [2.24, 2.45) is 0 Å². The quantitative estimate of drug-likeness (QED) is 0.452. The van der Waals surface area contributed by atoms with Gasteiger partial charge in [0.1, 0.15) is 0 Å². The zero-order valence-electron chi connectivity index (χ0n) is 6.55. The SMILES string of the molecule is CCCCCC(=O)OC.F. The van der Waals surface area contributed by atoms with Crippen LogP contribution in [0.4, 0.5) is 4.70 Å². The van der Waals surface area contributed by atoms with Crippen molar-refractivity contribution in [3.05, 3.63) is 0 Å². The van der Waals surface area contributed by atoms with Gasteiger partial charge in [0.2, 0.25) is 0 Å². The Balaban J connectivity index is 0. The summed E-state index contributed by atoms with van der Waals surface area (Å²) in [5.41, 5.74) is 0. The average molecular weight is 150 g/mol. The van der Waals surface area contributed by atoms with Crippen molar-refractivity contribution in [1.82, 2.24) is 0 Å². The van der Waals surface area contributed by atoms with Gasteiger partial charge >= 0.3 is 5.97 Å². The largest absolute Gasteiger partial charge is 0.469 e. The number of carbonyl (C=O) groups is 1. The van der Waals surface area contributed by atoms with E-state index >= 15 is 0 Å². The van der Waals surface area contributed by atoms with E-state index in [0.717, 1.165) is 19.3 Å². The first-order valence-electron chi connectivity index (χ1n) is 3.38. The van der Waals surface area contributed by atoms with Crippen molar-refractivity contribution in [1.29, 1.82) is 0 Å². The maximum absolute atomic E-state index is 10.5. The summed E-state index contributed by atoms with van der Waals surface area (Å²) in [7, 11) is 1.42. The highest BCUT2D eigenvalue weighted by molar-refractivity contribution is 5.68. The second-order valence-electron chi connectivity index (χ2n) is 2.03. The van der Waals surface area contributed by atoms with Gasteiger partial charge in [0, 0.05) is 6.42 Å². The number of methoxy groups -OCH3 is 1. The molecule has 0 aliphatic rings. The van der Waals surface area contributed by atoms with Gasteiger partial charge < -0.3 is 4.74 Å². The first-order chi connectivity index (χ1) is 4.31. The smallest absolute Gasteiger partial charge is 0.305 e. The molecular formula is C7H15FO2. The van der Waals surface area contributed by atoms with E-state index in [-0.39, 0.29) is 10.7 Å². The molecule has 0 aliphatic heterocycles. The summed E-state index contributed by atoms with van der Waals surface area (Å²) in [5.74, 6) is -0.0940. The highest BCUT2D eigenvalue weighted by atomic mass is 19.0. The van der Waals surface area contributed by atoms with Crippen LogP contribution in [0, 0.1) is 0 Å². The highest BCUT2D eigenvalue weighted by Gasteiger charge is 1.96. The number of rotatable bonds is 4. The molecule has 0 rings (SSSR count). The standard InChI is InChI=1S/C7H14O2.FH/c1-3-4-5-6-7(8)9-2;/h3-6H2,1-2H3;1H. The van der Waals surface area contributed by atoms with Gasteiger partial charge in [-0.15, -0.1) is 0 Å². The van der Waals surface area contributed by atoms with E-state index in [2.05, 4.69) is 11.7 Å². The lowest BCUT2D eigenvalue weighted by atomic mass is 10.2. The van der Waals surface area contributed by atoms with E-state index in [1.807, 2.05) is 0 Å². The van der Waals surface area contributed by atoms with Crippen LogP contribution in [0.2, 0.25) is 0 Å². The van der Waals surface area contributed by atoms with Crippen LogP contribution in [-0.2, 0) is 9.53 Å². The first-order valence-corrected chi connectivity index (χ1v) is 3.38. The van der Waals surface area contributed by atoms with Gasteiger partial charge in [-0.1, -0.05) is 19.8 Å². The molecule has 0 aromatic heterocycles. The van der Waals surface area contributed by atoms with E-state index in [1.165, 1.54) is 7.11 Å². The lowest BCUT2D eigenvalue weighted by molar-refractivity contribution is -0.140. The summed E-state index contributed by atoms with van der Waals surface area (Å²) in [6.45, 7) is 2.11. The molecule has 0 spiro atoms. The third kappa shape index (κ3) is 7.40. The van der Waals surface area contributed by atoms with E-state index in [0.29, 0.717) is 6.42 Å². The van der Waals surface area contributed by atoms with Crippen LogP contribution in [0.1, 0.15) is 32.6 Å². The molecule has 0 fully saturated rings. The predicted octanol–water partition coefficient (Wildman–Crippen LogP) is 1.89. The van der Waals surface area contributed by atoms with Crippen molar-refractivity contribution in [2.75, 3.05) is 7.11 Å². The van der Waals surface area contributed by atoms with Crippen molar-refractivity contribution in [3.63, 3.8) is 0 Å². The van der Waals surface area contributed by atoms with Crippen LogP contribution < -0.4 is 0 Å². The van der Waals surface area contributed by atoms with Crippen LogP contribution in [0.25, 0.3) is 0 Å². The first kappa shape index (κ1) is 12.1. The molecule has 0 atom stereocenters. The molecule has 0 radical (unpaired) electrons. The molecule has 0 N–H and O–H groups in total. The number of ether oxygens (including phenoxy) is 1. The number of halogens is 1. The molecule has 0 unspecified atom stereocenters. The zero-order valence-corrected chi connectivity index (χ0v) is 6.55. The van der Waals surface area contributed by atoms with Crippen molar-refractivity contribution < 1.29 is 14.2 Å². The lowest BCUT2D eigenvalue weighted by Crippen LogP contribution is -1.98. The minimum Gasteiger partial charge on any atom is -0.469 e. The van der Waals surface area contributed by atoms with Gasteiger partial charge in [-0.2, -0.15) is 0 Å². The van der Waals surface area contributed by atoms with Crippen molar-refractivity contribution in [2.45, 2.75) is 32.6 Å².